The fraction of sp³-hybridized carbons (Fsp3) is 0.733. The molecule has 1 aliphatic rings. The van der Waals surface area contributed by atoms with E-state index in [2.05, 4.69) is 51.5 Å². The topological polar surface area (TPSA) is 0 Å². The van der Waals surface area contributed by atoms with Gasteiger partial charge >= 0.3 is 0 Å². The highest BCUT2D eigenvalue weighted by molar-refractivity contribution is 14.1. The lowest BCUT2D eigenvalue weighted by molar-refractivity contribution is 0.241. The number of rotatable bonds is 6. The highest BCUT2D eigenvalue weighted by Gasteiger charge is 2.32. The van der Waals surface area contributed by atoms with Crippen molar-refractivity contribution in [2.45, 2.75) is 64.7 Å². The smallest absolute Gasteiger partial charge is 0.0741 e. The highest BCUT2D eigenvalue weighted by Crippen LogP contribution is 2.46. The van der Waals surface area contributed by atoms with Crippen molar-refractivity contribution in [1.29, 1.82) is 0 Å². The van der Waals surface area contributed by atoms with Gasteiger partial charge in [-0.25, -0.2) is 0 Å². The third kappa shape index (κ3) is 3.95. The Morgan fingerprint density at radius 3 is 2.61 bits per heavy atom. The Balaban J connectivity index is 1.95. The van der Waals surface area contributed by atoms with E-state index in [1.165, 1.54) is 70.0 Å². The Morgan fingerprint density at radius 1 is 1.33 bits per heavy atom. The molecule has 102 valence electrons. The Morgan fingerprint density at radius 2 is 2.06 bits per heavy atom. The molecule has 0 unspecified atom stereocenters. The van der Waals surface area contributed by atoms with Crippen molar-refractivity contribution in [2.24, 2.45) is 5.41 Å². The van der Waals surface area contributed by atoms with E-state index in [4.69, 9.17) is 0 Å². The summed E-state index contributed by atoms with van der Waals surface area (Å²) in [6.45, 7) is 2.32. The van der Waals surface area contributed by atoms with Gasteiger partial charge in [-0.3, -0.25) is 0 Å². The lowest BCUT2D eigenvalue weighted by atomic mass is 9.76. The van der Waals surface area contributed by atoms with E-state index in [9.17, 15) is 0 Å². The first-order valence-electron chi connectivity index (χ1n) is 7.09. The first-order chi connectivity index (χ1) is 8.65. The fourth-order valence-electron chi connectivity index (χ4n) is 3.25. The van der Waals surface area contributed by atoms with Crippen LogP contribution in [-0.4, -0.2) is 0 Å². The minimum absolute atomic E-state index is 0.683. The molecule has 1 aromatic heterocycles. The fourth-order valence-corrected chi connectivity index (χ4v) is 6.69. The van der Waals surface area contributed by atoms with Gasteiger partial charge in [-0.2, -0.15) is 0 Å². The van der Waals surface area contributed by atoms with Gasteiger partial charge in [0.1, 0.15) is 0 Å². The lowest BCUT2D eigenvalue weighted by Gasteiger charge is -2.29. The normalized spacial score (nSPS) is 18.4. The Hall–Kier alpha value is 0.910. The molecule has 2 rings (SSSR count). The van der Waals surface area contributed by atoms with Crippen LogP contribution in [0.25, 0.3) is 0 Å². The third-order valence-electron chi connectivity index (χ3n) is 4.38. The predicted molar refractivity (Wildman–Crippen MR) is 93.5 cm³/mol. The molecule has 0 bridgehead atoms. The van der Waals surface area contributed by atoms with Gasteiger partial charge in [-0.15, -0.1) is 11.3 Å². The van der Waals surface area contributed by atoms with E-state index in [0.717, 1.165) is 0 Å². The van der Waals surface area contributed by atoms with Gasteiger partial charge in [0.05, 0.1) is 6.67 Å². The summed E-state index contributed by atoms with van der Waals surface area (Å²) in [5.74, 6) is 0. The first-order valence-corrected chi connectivity index (χ1v) is 9.78. The highest BCUT2D eigenvalue weighted by atomic mass is 127. The van der Waals surface area contributed by atoms with Gasteiger partial charge in [-0.1, -0.05) is 32.6 Å². The Kier molecular flexibility index (Phi) is 6.01. The van der Waals surface area contributed by atoms with Crippen LogP contribution in [0, 0.1) is 8.30 Å². The molecule has 0 aliphatic heterocycles. The molecule has 0 aromatic carbocycles. The zero-order valence-electron chi connectivity index (χ0n) is 11.1. The van der Waals surface area contributed by atoms with Crippen LogP contribution < -0.4 is 0 Å². The van der Waals surface area contributed by atoms with Gasteiger partial charge in [-0.05, 0) is 87.7 Å². The maximum Gasteiger partial charge on any atom is 0.0741 e. The maximum atomic E-state index is 3.71. The number of hydrogen-bond donors (Lipinski definition) is 0. The van der Waals surface area contributed by atoms with Crippen molar-refractivity contribution < 1.29 is 0 Å². The maximum absolute atomic E-state index is 3.71. The summed E-state index contributed by atoms with van der Waals surface area (Å²) in [4.78, 5) is 0. The molecule has 18 heavy (non-hydrogen) atoms. The summed E-state index contributed by atoms with van der Waals surface area (Å²) in [5, 5.41) is 0. The van der Waals surface area contributed by atoms with Crippen LogP contribution in [0.3, 0.4) is 0 Å². The molecule has 1 saturated carbocycles. The quantitative estimate of drug-likeness (QED) is 0.426. The molecule has 1 aromatic rings. The molecule has 0 amide bonds. The van der Waals surface area contributed by atoms with Gasteiger partial charge in [0.15, 0.2) is 0 Å². The second kappa shape index (κ2) is 7.07. The van der Waals surface area contributed by atoms with E-state index < -0.39 is 0 Å². The molecule has 0 radical (unpaired) electrons. The first kappa shape index (κ1) is 15.3. The molecule has 3 heteroatoms. The van der Waals surface area contributed by atoms with E-state index in [0.29, 0.717) is 5.41 Å². The van der Waals surface area contributed by atoms with Gasteiger partial charge in [0.2, 0.25) is 0 Å². The summed E-state index contributed by atoms with van der Waals surface area (Å²) >= 11 is 8.01. The predicted octanol–water partition coefficient (Wildman–Crippen LogP) is 6.80. The summed E-state index contributed by atoms with van der Waals surface area (Å²) in [6.07, 6.45) is 12.8. The molecule has 0 N–H and O–H groups in total. The van der Waals surface area contributed by atoms with Crippen LogP contribution in [0.1, 0.15) is 63.9 Å². The van der Waals surface area contributed by atoms with Crippen LogP contribution in [-0.2, 0) is 6.42 Å². The van der Waals surface area contributed by atoms with Gasteiger partial charge in [0.25, 0.3) is 0 Å². The summed E-state index contributed by atoms with van der Waals surface area (Å²) in [5.41, 5.74) is 2.22. The summed E-state index contributed by atoms with van der Waals surface area (Å²) in [6, 6.07) is 2.36. The van der Waals surface area contributed by atoms with Crippen LogP contribution in [0.4, 0.5) is 0 Å². The van der Waals surface area contributed by atoms with Crippen molar-refractivity contribution in [3.05, 3.63) is 18.3 Å². The average Bonchev–Trinajstić information content (AvgIpc) is 2.92. The van der Waals surface area contributed by atoms with Crippen LogP contribution >= 0.6 is 49.9 Å². The minimum Gasteiger partial charge on any atom is -0.122 e. The third-order valence-corrected chi connectivity index (χ3v) is 7.10. The summed E-state index contributed by atoms with van der Waals surface area (Å²) in [7, 11) is 0. The number of hydrogen-bond acceptors (Lipinski definition) is 1. The Bertz CT molecular complexity index is 380. The minimum atomic E-state index is 0.683. The van der Waals surface area contributed by atoms with E-state index in [1.807, 2.05) is 11.3 Å². The SMILES string of the molecule is CCCCC1(CCc2cc(I)sc2Br)CCCC1. The van der Waals surface area contributed by atoms with E-state index >= 15 is 0 Å². The second-order valence-electron chi connectivity index (χ2n) is 5.66. The van der Waals surface area contributed by atoms with Gasteiger partial charge in [0, 0.05) is 0 Å². The Labute approximate surface area is 137 Å². The van der Waals surface area contributed by atoms with E-state index in [-0.39, 0.29) is 0 Å². The summed E-state index contributed by atoms with van der Waals surface area (Å²) < 4.78 is 2.76. The molecule has 1 heterocycles. The molecule has 0 nitrogen and oxygen atoms in total. The monoisotopic (exact) mass is 440 g/mol. The van der Waals surface area contributed by atoms with E-state index in [1.54, 1.807) is 0 Å². The number of aryl methyl sites for hydroxylation is 1. The number of halogens is 2. The van der Waals surface area contributed by atoms with Crippen LogP contribution in [0.5, 0.6) is 0 Å². The van der Waals surface area contributed by atoms with Crippen molar-refractivity contribution in [3.63, 3.8) is 0 Å². The van der Waals surface area contributed by atoms with Crippen LogP contribution in [0.15, 0.2) is 9.85 Å². The molecule has 0 atom stereocenters. The zero-order valence-corrected chi connectivity index (χ0v) is 15.7. The van der Waals surface area contributed by atoms with Crippen LogP contribution in [0.2, 0.25) is 0 Å². The molecule has 0 saturated heterocycles. The average molecular weight is 441 g/mol. The second-order valence-corrected chi connectivity index (χ2v) is 9.92. The van der Waals surface area contributed by atoms with Crippen molar-refractivity contribution >= 4 is 49.9 Å². The standard InChI is InChI=1S/C15H22BrIS/c1-2-3-7-15(8-4-5-9-15)10-6-12-11-13(17)18-14(12)16/h11H,2-10H2,1H3. The number of unbranched alkanes of at least 4 members (excludes halogenated alkanes) is 1. The molecule has 0 spiro atoms. The number of thiophene rings is 1. The lowest BCUT2D eigenvalue weighted by Crippen LogP contribution is -2.17. The van der Waals surface area contributed by atoms with Crippen molar-refractivity contribution in [3.8, 4) is 0 Å². The molecule has 1 fully saturated rings. The zero-order chi connectivity index (χ0) is 13.0. The molecular formula is C15H22BrIS. The molecular weight excluding hydrogens is 419 g/mol. The van der Waals surface area contributed by atoms with Crippen molar-refractivity contribution in [2.75, 3.05) is 0 Å². The largest absolute Gasteiger partial charge is 0.122 e. The molecule has 1 aliphatic carbocycles. The van der Waals surface area contributed by atoms with Gasteiger partial charge < -0.3 is 0 Å². The van der Waals surface area contributed by atoms with Crippen molar-refractivity contribution in [1.82, 2.24) is 0 Å².